The van der Waals surface area contributed by atoms with Crippen LogP contribution in [-0.4, -0.2) is 35.9 Å². The lowest BCUT2D eigenvalue weighted by Crippen LogP contribution is -2.40. The maximum atomic E-state index is 12.0. The summed E-state index contributed by atoms with van der Waals surface area (Å²) in [5.74, 6) is -0.00744. The fraction of sp³-hybridized carbons (Fsp3) is 0.462. The van der Waals surface area contributed by atoms with E-state index in [-0.39, 0.29) is 24.4 Å². The van der Waals surface area contributed by atoms with E-state index in [0.717, 1.165) is 0 Å². The Bertz CT molecular complexity index is 446. The van der Waals surface area contributed by atoms with Gasteiger partial charge in [-0.1, -0.05) is 0 Å². The van der Waals surface area contributed by atoms with E-state index in [0.29, 0.717) is 17.9 Å². The topological polar surface area (TPSA) is 83.1 Å². The van der Waals surface area contributed by atoms with Gasteiger partial charge in [0.05, 0.1) is 12.1 Å². The second-order valence-corrected chi connectivity index (χ2v) is 4.33. The summed E-state index contributed by atoms with van der Waals surface area (Å²) < 4.78 is 0. The van der Waals surface area contributed by atoms with Crippen LogP contribution in [-0.2, 0) is 4.79 Å². The standard InChI is InChI=1S/C13H20N4O2/c1-4-14-12-10(6-5-7-15-12)13(19)16-8-11(18)17-9(2)3/h5-7,9H,4,8H2,1-3H3,(H,14,15)(H,16,19)(H,17,18). The molecule has 19 heavy (non-hydrogen) atoms. The molecule has 0 saturated carbocycles. The number of nitrogens with one attached hydrogen (secondary N) is 3. The monoisotopic (exact) mass is 264 g/mol. The van der Waals surface area contributed by atoms with Crippen molar-refractivity contribution in [2.45, 2.75) is 26.8 Å². The molecule has 0 unspecified atom stereocenters. The summed E-state index contributed by atoms with van der Waals surface area (Å²) >= 11 is 0. The lowest BCUT2D eigenvalue weighted by molar-refractivity contribution is -0.120. The summed E-state index contributed by atoms with van der Waals surface area (Å²) in [7, 11) is 0. The van der Waals surface area contributed by atoms with Crippen molar-refractivity contribution in [2.75, 3.05) is 18.4 Å². The number of nitrogens with zero attached hydrogens (tertiary/aromatic N) is 1. The van der Waals surface area contributed by atoms with E-state index in [1.165, 1.54) is 0 Å². The second-order valence-electron chi connectivity index (χ2n) is 4.33. The van der Waals surface area contributed by atoms with Crippen LogP contribution in [0.1, 0.15) is 31.1 Å². The van der Waals surface area contributed by atoms with Crippen LogP contribution < -0.4 is 16.0 Å². The Morgan fingerprint density at radius 1 is 1.37 bits per heavy atom. The normalized spacial score (nSPS) is 10.1. The molecule has 0 radical (unpaired) electrons. The Labute approximate surface area is 113 Å². The predicted octanol–water partition coefficient (Wildman–Crippen LogP) is 0.768. The number of carbonyl (C=O) groups excluding carboxylic acids is 2. The van der Waals surface area contributed by atoms with E-state index in [4.69, 9.17) is 0 Å². The average Bonchev–Trinajstić information content (AvgIpc) is 2.36. The molecule has 6 heteroatoms. The molecule has 3 N–H and O–H groups in total. The summed E-state index contributed by atoms with van der Waals surface area (Å²) in [6.07, 6.45) is 1.61. The number of carbonyl (C=O) groups is 2. The molecule has 0 aliphatic rings. The van der Waals surface area contributed by atoms with Gasteiger partial charge in [-0.3, -0.25) is 9.59 Å². The van der Waals surface area contributed by atoms with E-state index < -0.39 is 0 Å². The van der Waals surface area contributed by atoms with Crippen molar-refractivity contribution in [3.05, 3.63) is 23.9 Å². The fourth-order valence-corrected chi connectivity index (χ4v) is 1.53. The number of rotatable bonds is 6. The molecule has 0 fully saturated rings. The number of hydrogen-bond acceptors (Lipinski definition) is 4. The highest BCUT2D eigenvalue weighted by molar-refractivity contribution is 6.00. The van der Waals surface area contributed by atoms with Crippen molar-refractivity contribution < 1.29 is 9.59 Å². The van der Waals surface area contributed by atoms with E-state index in [9.17, 15) is 9.59 Å². The van der Waals surface area contributed by atoms with Crippen molar-refractivity contribution in [2.24, 2.45) is 0 Å². The van der Waals surface area contributed by atoms with Crippen LogP contribution in [0.4, 0.5) is 5.82 Å². The molecule has 0 aliphatic heterocycles. The summed E-state index contributed by atoms with van der Waals surface area (Å²) in [6, 6.07) is 3.41. The number of amides is 2. The van der Waals surface area contributed by atoms with Gasteiger partial charge in [-0.25, -0.2) is 4.98 Å². The van der Waals surface area contributed by atoms with Gasteiger partial charge >= 0.3 is 0 Å². The highest BCUT2D eigenvalue weighted by atomic mass is 16.2. The van der Waals surface area contributed by atoms with Crippen molar-refractivity contribution in [3.63, 3.8) is 0 Å². The van der Waals surface area contributed by atoms with Gasteiger partial charge in [-0.2, -0.15) is 0 Å². The molecule has 0 bridgehead atoms. The zero-order valence-corrected chi connectivity index (χ0v) is 11.5. The number of aromatic nitrogens is 1. The molecule has 104 valence electrons. The molecule has 6 nitrogen and oxygen atoms in total. The summed E-state index contributed by atoms with van der Waals surface area (Å²) in [5, 5.41) is 8.28. The van der Waals surface area contributed by atoms with E-state index in [1.807, 2.05) is 20.8 Å². The molecule has 0 saturated heterocycles. The number of hydrogen-bond donors (Lipinski definition) is 3. The highest BCUT2D eigenvalue weighted by Crippen LogP contribution is 2.10. The maximum absolute atomic E-state index is 12.0. The quantitative estimate of drug-likeness (QED) is 0.708. The molecular weight excluding hydrogens is 244 g/mol. The van der Waals surface area contributed by atoms with Crippen LogP contribution in [0.2, 0.25) is 0 Å². The molecule has 2 amide bonds. The molecule has 0 aliphatic carbocycles. The van der Waals surface area contributed by atoms with Crippen molar-refractivity contribution in [1.82, 2.24) is 15.6 Å². The van der Waals surface area contributed by atoms with Crippen LogP contribution in [0.25, 0.3) is 0 Å². The molecule has 0 aromatic carbocycles. The zero-order chi connectivity index (χ0) is 14.3. The van der Waals surface area contributed by atoms with E-state index >= 15 is 0 Å². The van der Waals surface area contributed by atoms with E-state index in [2.05, 4.69) is 20.9 Å². The van der Waals surface area contributed by atoms with Crippen LogP contribution >= 0.6 is 0 Å². The summed E-state index contributed by atoms with van der Waals surface area (Å²) in [5.41, 5.74) is 0.432. The van der Waals surface area contributed by atoms with Crippen LogP contribution in [0.5, 0.6) is 0 Å². The molecule has 1 heterocycles. The van der Waals surface area contributed by atoms with Gasteiger partial charge in [-0.15, -0.1) is 0 Å². The first kappa shape index (κ1) is 14.9. The third-order valence-electron chi connectivity index (χ3n) is 2.26. The third-order valence-corrected chi connectivity index (χ3v) is 2.26. The fourth-order valence-electron chi connectivity index (χ4n) is 1.53. The summed E-state index contributed by atoms with van der Waals surface area (Å²) in [4.78, 5) is 27.5. The number of pyridine rings is 1. The van der Waals surface area contributed by atoms with E-state index in [1.54, 1.807) is 18.3 Å². The largest absolute Gasteiger partial charge is 0.370 e. The zero-order valence-electron chi connectivity index (χ0n) is 11.5. The van der Waals surface area contributed by atoms with Gasteiger partial charge < -0.3 is 16.0 Å². The average molecular weight is 264 g/mol. The van der Waals surface area contributed by atoms with Crippen molar-refractivity contribution in [1.29, 1.82) is 0 Å². The molecule has 0 atom stereocenters. The Balaban J connectivity index is 2.61. The Morgan fingerprint density at radius 3 is 2.74 bits per heavy atom. The second kappa shape index (κ2) is 7.35. The Hall–Kier alpha value is -2.11. The SMILES string of the molecule is CCNc1ncccc1C(=O)NCC(=O)NC(C)C. The lowest BCUT2D eigenvalue weighted by atomic mass is 10.2. The minimum Gasteiger partial charge on any atom is -0.370 e. The first-order chi connectivity index (χ1) is 9.04. The predicted molar refractivity (Wildman–Crippen MR) is 74.0 cm³/mol. The minimum atomic E-state index is -0.317. The van der Waals surface area contributed by atoms with Gasteiger partial charge in [-0.05, 0) is 32.9 Å². The molecular formula is C13H20N4O2. The smallest absolute Gasteiger partial charge is 0.255 e. The minimum absolute atomic E-state index is 0.0442. The summed E-state index contributed by atoms with van der Waals surface area (Å²) in [6.45, 7) is 6.28. The van der Waals surface area contributed by atoms with Gasteiger partial charge in [0, 0.05) is 18.8 Å². The lowest BCUT2D eigenvalue weighted by Gasteiger charge is -2.11. The highest BCUT2D eigenvalue weighted by Gasteiger charge is 2.12. The van der Waals surface area contributed by atoms with Crippen LogP contribution in [0.3, 0.4) is 0 Å². The first-order valence-electron chi connectivity index (χ1n) is 6.31. The molecule has 1 aromatic heterocycles. The van der Waals surface area contributed by atoms with Gasteiger partial charge in [0.2, 0.25) is 5.91 Å². The van der Waals surface area contributed by atoms with Crippen molar-refractivity contribution >= 4 is 17.6 Å². The first-order valence-corrected chi connectivity index (χ1v) is 6.31. The Morgan fingerprint density at radius 2 is 2.11 bits per heavy atom. The van der Waals surface area contributed by atoms with Gasteiger partial charge in [0.25, 0.3) is 5.91 Å². The molecule has 1 rings (SSSR count). The third kappa shape index (κ3) is 4.95. The molecule has 0 spiro atoms. The molecule has 1 aromatic rings. The van der Waals surface area contributed by atoms with Crippen LogP contribution in [0, 0.1) is 0 Å². The van der Waals surface area contributed by atoms with Crippen molar-refractivity contribution in [3.8, 4) is 0 Å². The Kier molecular flexibility index (Phi) is 5.78. The maximum Gasteiger partial charge on any atom is 0.255 e. The van der Waals surface area contributed by atoms with Gasteiger partial charge in [0.1, 0.15) is 5.82 Å². The van der Waals surface area contributed by atoms with Gasteiger partial charge in [0.15, 0.2) is 0 Å². The number of anilines is 1. The van der Waals surface area contributed by atoms with Crippen LogP contribution in [0.15, 0.2) is 18.3 Å².